The second kappa shape index (κ2) is 7.70. The number of rotatable bonds is 7. The van der Waals surface area contributed by atoms with Crippen LogP contribution in [-0.2, 0) is 6.61 Å². The topological polar surface area (TPSA) is 78.5 Å². The molecule has 0 radical (unpaired) electrons. The number of carbonyl (C=O) groups excluding carboxylic acids is 1. The summed E-state index contributed by atoms with van der Waals surface area (Å²) >= 11 is 0. The van der Waals surface area contributed by atoms with Gasteiger partial charge >= 0.3 is 0 Å². The van der Waals surface area contributed by atoms with Gasteiger partial charge in [-0.2, -0.15) is 5.10 Å². The van der Waals surface area contributed by atoms with Crippen LogP contribution in [0.25, 0.3) is 0 Å². The monoisotopic (exact) mass is 343 g/mol. The van der Waals surface area contributed by atoms with Crippen LogP contribution in [0.2, 0.25) is 0 Å². The van der Waals surface area contributed by atoms with Crippen LogP contribution in [-0.4, -0.2) is 45.3 Å². The number of carbonyl (C=O) groups is 1. The molecule has 2 aromatic rings. The standard InChI is InChI=1S/C19H25N3O3/c1-22(12-11-19(24)9-5-6-10-19)18(23)17-13-15(20-21-17)14-25-16-7-3-2-4-8-16/h2-4,7-8,13,24H,5-6,9-12,14H2,1H3,(H,20,21). The van der Waals surface area contributed by atoms with Gasteiger partial charge in [0.05, 0.1) is 11.3 Å². The molecule has 0 bridgehead atoms. The molecule has 2 N–H and O–H groups in total. The minimum atomic E-state index is -0.602. The van der Waals surface area contributed by atoms with Crippen molar-refractivity contribution < 1.29 is 14.6 Å². The van der Waals surface area contributed by atoms with Crippen LogP contribution in [0.5, 0.6) is 5.75 Å². The number of nitrogens with zero attached hydrogens (tertiary/aromatic N) is 2. The highest BCUT2D eigenvalue weighted by molar-refractivity contribution is 5.92. The third-order valence-corrected chi connectivity index (χ3v) is 4.78. The number of hydrogen-bond donors (Lipinski definition) is 2. The van der Waals surface area contributed by atoms with E-state index in [1.165, 1.54) is 0 Å². The molecule has 25 heavy (non-hydrogen) atoms. The van der Waals surface area contributed by atoms with E-state index in [0.717, 1.165) is 37.1 Å². The van der Waals surface area contributed by atoms with Crippen LogP contribution in [0.15, 0.2) is 36.4 Å². The number of H-pyrrole nitrogens is 1. The lowest BCUT2D eigenvalue weighted by atomic mass is 9.98. The van der Waals surface area contributed by atoms with Gasteiger partial charge in [0.1, 0.15) is 12.4 Å². The van der Waals surface area contributed by atoms with Gasteiger partial charge in [0.2, 0.25) is 0 Å². The first kappa shape index (κ1) is 17.5. The van der Waals surface area contributed by atoms with Crippen molar-refractivity contribution in [1.29, 1.82) is 0 Å². The summed E-state index contributed by atoms with van der Waals surface area (Å²) in [6.07, 6.45) is 4.41. The molecule has 1 aromatic heterocycles. The zero-order valence-corrected chi connectivity index (χ0v) is 14.6. The Kier molecular flexibility index (Phi) is 5.38. The van der Waals surface area contributed by atoms with Crippen molar-refractivity contribution in [2.45, 2.75) is 44.3 Å². The van der Waals surface area contributed by atoms with Crippen LogP contribution in [0, 0.1) is 0 Å². The molecule has 0 saturated heterocycles. The summed E-state index contributed by atoms with van der Waals surface area (Å²) in [4.78, 5) is 14.1. The van der Waals surface area contributed by atoms with Gasteiger partial charge in [-0.1, -0.05) is 31.0 Å². The van der Waals surface area contributed by atoms with Crippen molar-refractivity contribution >= 4 is 5.91 Å². The maximum Gasteiger partial charge on any atom is 0.274 e. The fourth-order valence-electron chi connectivity index (χ4n) is 3.18. The maximum absolute atomic E-state index is 12.5. The van der Waals surface area contributed by atoms with E-state index >= 15 is 0 Å². The van der Waals surface area contributed by atoms with Gasteiger partial charge in [-0.3, -0.25) is 9.89 Å². The van der Waals surface area contributed by atoms with Gasteiger partial charge in [-0.15, -0.1) is 0 Å². The molecule has 0 unspecified atom stereocenters. The average molecular weight is 343 g/mol. The van der Waals surface area contributed by atoms with Crippen molar-refractivity contribution in [1.82, 2.24) is 15.1 Å². The smallest absolute Gasteiger partial charge is 0.274 e. The third-order valence-electron chi connectivity index (χ3n) is 4.78. The molecule has 1 heterocycles. The van der Waals surface area contributed by atoms with Crippen LogP contribution in [0.1, 0.15) is 48.3 Å². The van der Waals surface area contributed by atoms with Gasteiger partial charge in [0.15, 0.2) is 5.69 Å². The molecule has 0 aliphatic heterocycles. The fraction of sp³-hybridized carbons (Fsp3) is 0.474. The summed E-state index contributed by atoms with van der Waals surface area (Å²) in [5, 5.41) is 17.3. The summed E-state index contributed by atoms with van der Waals surface area (Å²) in [5.74, 6) is 0.621. The summed E-state index contributed by atoms with van der Waals surface area (Å²) in [7, 11) is 1.75. The lowest BCUT2D eigenvalue weighted by Gasteiger charge is -2.25. The maximum atomic E-state index is 12.5. The Morgan fingerprint density at radius 3 is 2.76 bits per heavy atom. The number of aromatic nitrogens is 2. The minimum Gasteiger partial charge on any atom is -0.487 e. The third kappa shape index (κ3) is 4.60. The molecule has 1 fully saturated rings. The Morgan fingerprint density at radius 2 is 2.04 bits per heavy atom. The van der Waals surface area contributed by atoms with Crippen molar-refractivity contribution in [3.8, 4) is 5.75 Å². The summed E-state index contributed by atoms with van der Waals surface area (Å²) in [6, 6.07) is 11.2. The molecule has 1 amide bonds. The molecule has 6 heteroatoms. The molecule has 1 aromatic carbocycles. The van der Waals surface area contributed by atoms with Crippen LogP contribution in [0.4, 0.5) is 0 Å². The van der Waals surface area contributed by atoms with Crippen molar-refractivity contribution in [2.75, 3.05) is 13.6 Å². The predicted molar refractivity (Wildman–Crippen MR) is 94.4 cm³/mol. The molecule has 3 rings (SSSR count). The number of nitrogens with one attached hydrogen (secondary N) is 1. The molecule has 134 valence electrons. The molecular formula is C19H25N3O3. The number of para-hydroxylation sites is 1. The first-order valence-corrected chi connectivity index (χ1v) is 8.76. The van der Waals surface area contributed by atoms with Crippen LogP contribution >= 0.6 is 0 Å². The van der Waals surface area contributed by atoms with Crippen molar-refractivity contribution in [3.63, 3.8) is 0 Å². The molecular weight excluding hydrogens is 318 g/mol. The van der Waals surface area contributed by atoms with Crippen molar-refractivity contribution in [2.24, 2.45) is 0 Å². The number of ether oxygens (including phenoxy) is 1. The largest absolute Gasteiger partial charge is 0.487 e. The Hall–Kier alpha value is -2.34. The highest BCUT2D eigenvalue weighted by Gasteiger charge is 2.31. The van der Waals surface area contributed by atoms with Gasteiger partial charge < -0.3 is 14.7 Å². The summed E-state index contributed by atoms with van der Waals surface area (Å²) in [6.45, 7) is 0.853. The number of hydrogen-bond acceptors (Lipinski definition) is 4. The Bertz CT molecular complexity index is 693. The molecule has 1 aliphatic rings. The normalized spacial score (nSPS) is 15.9. The van der Waals surface area contributed by atoms with Crippen LogP contribution < -0.4 is 4.74 Å². The SMILES string of the molecule is CN(CCC1(O)CCCC1)C(=O)c1cc(COc2ccccc2)[nH]n1. The Labute approximate surface area is 147 Å². The van der Waals surface area contributed by atoms with E-state index in [-0.39, 0.29) is 5.91 Å². The lowest BCUT2D eigenvalue weighted by Crippen LogP contribution is -2.34. The molecule has 0 spiro atoms. The Balaban J connectivity index is 1.51. The van der Waals surface area contributed by atoms with Gasteiger partial charge in [-0.05, 0) is 37.5 Å². The second-order valence-electron chi connectivity index (χ2n) is 6.79. The number of aliphatic hydroxyl groups is 1. The van der Waals surface area contributed by atoms with Crippen LogP contribution in [0.3, 0.4) is 0 Å². The van der Waals surface area contributed by atoms with Crippen molar-refractivity contribution in [3.05, 3.63) is 47.8 Å². The predicted octanol–water partition coefficient (Wildman–Crippen LogP) is 2.76. The highest BCUT2D eigenvalue weighted by Crippen LogP contribution is 2.32. The highest BCUT2D eigenvalue weighted by atomic mass is 16.5. The molecule has 1 saturated carbocycles. The van der Waals surface area contributed by atoms with Gasteiger partial charge in [-0.25, -0.2) is 0 Å². The number of benzene rings is 1. The van der Waals surface area contributed by atoms with E-state index in [9.17, 15) is 9.90 Å². The second-order valence-corrected chi connectivity index (χ2v) is 6.79. The quantitative estimate of drug-likeness (QED) is 0.810. The van der Waals surface area contributed by atoms with E-state index in [0.29, 0.717) is 25.3 Å². The van der Waals surface area contributed by atoms with E-state index in [1.807, 2.05) is 30.3 Å². The first-order valence-electron chi connectivity index (χ1n) is 8.76. The lowest BCUT2D eigenvalue weighted by molar-refractivity contribution is 0.0295. The van der Waals surface area contributed by atoms with E-state index in [4.69, 9.17) is 4.74 Å². The zero-order chi connectivity index (χ0) is 17.7. The molecule has 6 nitrogen and oxygen atoms in total. The minimum absolute atomic E-state index is 0.149. The number of aromatic amines is 1. The first-order chi connectivity index (χ1) is 12.1. The fourth-order valence-corrected chi connectivity index (χ4v) is 3.18. The molecule has 0 atom stereocenters. The zero-order valence-electron chi connectivity index (χ0n) is 14.6. The van der Waals surface area contributed by atoms with Gasteiger partial charge in [0.25, 0.3) is 5.91 Å². The van der Waals surface area contributed by atoms with E-state index < -0.39 is 5.60 Å². The van der Waals surface area contributed by atoms with E-state index in [1.54, 1.807) is 18.0 Å². The van der Waals surface area contributed by atoms with Gasteiger partial charge in [0, 0.05) is 13.6 Å². The summed E-state index contributed by atoms with van der Waals surface area (Å²) < 4.78 is 5.64. The van der Waals surface area contributed by atoms with E-state index in [2.05, 4.69) is 10.2 Å². The molecule has 1 aliphatic carbocycles. The summed E-state index contributed by atoms with van der Waals surface area (Å²) in [5.41, 5.74) is 0.511. The number of amides is 1. The average Bonchev–Trinajstić information content (AvgIpc) is 3.28. The Morgan fingerprint density at radius 1 is 1.32 bits per heavy atom.